The van der Waals surface area contributed by atoms with E-state index in [1.807, 2.05) is 0 Å². The Kier molecular flexibility index (Phi) is 1.80. The molecule has 0 aliphatic carbocycles. The van der Waals surface area contributed by atoms with Crippen LogP contribution in [0.4, 0.5) is 4.79 Å². The summed E-state index contributed by atoms with van der Waals surface area (Å²) < 4.78 is 0. The summed E-state index contributed by atoms with van der Waals surface area (Å²) in [6.45, 7) is 2.17. The summed E-state index contributed by atoms with van der Waals surface area (Å²) in [6, 6.07) is -0.238. The maximum absolute atomic E-state index is 10.4. The number of rotatable bonds is 0. The molecule has 0 aromatic rings. The van der Waals surface area contributed by atoms with Gasteiger partial charge in [-0.2, -0.15) is 0 Å². The highest BCUT2D eigenvalue weighted by Crippen LogP contribution is 2.16. The summed E-state index contributed by atoms with van der Waals surface area (Å²) >= 11 is 0. The average molecular weight is 145 g/mol. The number of nitrogens with zero attached hydrogens (tertiary/aromatic N) is 1. The Balaban J connectivity index is 2.57. The molecule has 2 atom stereocenters. The molecule has 1 rings (SSSR count). The Bertz CT molecular complexity index is 148. The molecule has 2 N–H and O–H groups in total. The zero-order chi connectivity index (χ0) is 7.72. The fraction of sp³-hybridized carbons (Fsp3) is 0.833. The van der Waals surface area contributed by atoms with Gasteiger partial charge in [-0.1, -0.05) is 0 Å². The zero-order valence-electron chi connectivity index (χ0n) is 5.82. The Labute approximate surface area is 59.1 Å². The molecule has 0 spiro atoms. The van der Waals surface area contributed by atoms with Crippen molar-refractivity contribution < 1.29 is 15.0 Å². The predicted molar refractivity (Wildman–Crippen MR) is 34.8 cm³/mol. The van der Waals surface area contributed by atoms with Crippen molar-refractivity contribution >= 4 is 6.09 Å². The van der Waals surface area contributed by atoms with E-state index in [0.29, 0.717) is 13.0 Å². The largest absolute Gasteiger partial charge is 0.465 e. The van der Waals surface area contributed by atoms with E-state index in [9.17, 15) is 4.79 Å². The van der Waals surface area contributed by atoms with Gasteiger partial charge in [-0.3, -0.25) is 0 Å². The van der Waals surface area contributed by atoms with Gasteiger partial charge in [0.05, 0.1) is 12.1 Å². The fourth-order valence-electron chi connectivity index (χ4n) is 1.19. The third-order valence-electron chi connectivity index (χ3n) is 1.96. The van der Waals surface area contributed by atoms with Crippen LogP contribution >= 0.6 is 0 Å². The summed E-state index contributed by atoms with van der Waals surface area (Å²) in [4.78, 5) is 11.6. The number of likely N-dealkylation sites (tertiary alicyclic amines) is 1. The molecule has 58 valence electrons. The van der Waals surface area contributed by atoms with Gasteiger partial charge >= 0.3 is 6.09 Å². The lowest BCUT2D eigenvalue weighted by atomic mass is 10.2. The van der Waals surface area contributed by atoms with E-state index in [2.05, 4.69) is 0 Å². The van der Waals surface area contributed by atoms with Crippen molar-refractivity contribution in [3.05, 3.63) is 0 Å². The smallest absolute Gasteiger partial charge is 0.407 e. The topological polar surface area (TPSA) is 60.8 Å². The Morgan fingerprint density at radius 2 is 2.30 bits per heavy atom. The van der Waals surface area contributed by atoms with Crippen molar-refractivity contribution in [2.24, 2.45) is 0 Å². The van der Waals surface area contributed by atoms with Gasteiger partial charge in [0, 0.05) is 6.54 Å². The van der Waals surface area contributed by atoms with Gasteiger partial charge in [0.1, 0.15) is 0 Å². The molecule has 0 saturated carbocycles. The molecule has 0 radical (unpaired) electrons. The molecular weight excluding hydrogens is 134 g/mol. The van der Waals surface area contributed by atoms with Crippen molar-refractivity contribution in [3.8, 4) is 0 Å². The predicted octanol–water partition coefficient (Wildman–Crippen LogP) is 0.120. The lowest BCUT2D eigenvalue weighted by Gasteiger charge is -2.18. The minimum absolute atomic E-state index is 0.238. The van der Waals surface area contributed by atoms with Crippen molar-refractivity contribution in [1.29, 1.82) is 0 Å². The molecule has 4 heteroatoms. The van der Waals surface area contributed by atoms with Crippen molar-refractivity contribution in [1.82, 2.24) is 4.90 Å². The van der Waals surface area contributed by atoms with Gasteiger partial charge in [0.15, 0.2) is 0 Å². The molecule has 0 bridgehead atoms. The van der Waals surface area contributed by atoms with E-state index in [0.717, 1.165) is 0 Å². The Hall–Kier alpha value is -0.770. The molecule has 1 aliphatic heterocycles. The summed E-state index contributed by atoms with van der Waals surface area (Å²) in [5.41, 5.74) is 0. The molecule has 10 heavy (non-hydrogen) atoms. The maximum atomic E-state index is 10.4. The van der Waals surface area contributed by atoms with Crippen LogP contribution in [0.15, 0.2) is 0 Å². The van der Waals surface area contributed by atoms with Crippen LogP contribution in [0.25, 0.3) is 0 Å². The van der Waals surface area contributed by atoms with Crippen LogP contribution in [0.2, 0.25) is 0 Å². The van der Waals surface area contributed by atoms with Gasteiger partial charge in [-0.05, 0) is 13.3 Å². The molecule has 2 unspecified atom stereocenters. The first-order valence-electron chi connectivity index (χ1n) is 3.30. The van der Waals surface area contributed by atoms with E-state index >= 15 is 0 Å². The van der Waals surface area contributed by atoms with Gasteiger partial charge in [0.2, 0.25) is 0 Å². The molecule has 1 amide bonds. The highest BCUT2D eigenvalue weighted by Gasteiger charge is 2.31. The van der Waals surface area contributed by atoms with Crippen LogP contribution in [-0.4, -0.2) is 39.9 Å². The highest BCUT2D eigenvalue weighted by molar-refractivity contribution is 5.65. The lowest BCUT2D eigenvalue weighted by molar-refractivity contribution is 0.108. The van der Waals surface area contributed by atoms with E-state index in [1.165, 1.54) is 4.90 Å². The lowest BCUT2D eigenvalue weighted by Crippen LogP contribution is -2.36. The Morgan fingerprint density at radius 1 is 1.70 bits per heavy atom. The van der Waals surface area contributed by atoms with E-state index in [4.69, 9.17) is 10.2 Å². The number of aliphatic hydroxyl groups is 1. The number of amides is 1. The van der Waals surface area contributed by atoms with Crippen molar-refractivity contribution in [3.63, 3.8) is 0 Å². The molecule has 4 nitrogen and oxygen atoms in total. The number of aliphatic hydroxyl groups excluding tert-OH is 1. The summed E-state index contributed by atoms with van der Waals surface area (Å²) in [5.74, 6) is 0. The average Bonchev–Trinajstić information content (AvgIpc) is 2.14. The molecule has 1 aliphatic rings. The molecular formula is C6H11NO3. The molecule has 1 heterocycles. The summed E-state index contributed by atoms with van der Waals surface area (Å²) in [7, 11) is 0. The van der Waals surface area contributed by atoms with Gasteiger partial charge in [-0.15, -0.1) is 0 Å². The number of carbonyl (C=O) groups is 1. The third-order valence-corrected chi connectivity index (χ3v) is 1.96. The van der Waals surface area contributed by atoms with Crippen LogP contribution in [-0.2, 0) is 0 Å². The summed E-state index contributed by atoms with van der Waals surface area (Å²) in [5, 5.41) is 17.6. The fourth-order valence-corrected chi connectivity index (χ4v) is 1.19. The van der Waals surface area contributed by atoms with Crippen LogP contribution in [0.5, 0.6) is 0 Å². The quantitative estimate of drug-likeness (QED) is 0.509. The molecule has 1 saturated heterocycles. The monoisotopic (exact) mass is 145 g/mol. The van der Waals surface area contributed by atoms with Crippen LogP contribution in [0.1, 0.15) is 13.3 Å². The van der Waals surface area contributed by atoms with Crippen LogP contribution in [0.3, 0.4) is 0 Å². The SMILES string of the molecule is CC1C(O)CCN1C(=O)O. The van der Waals surface area contributed by atoms with Gasteiger partial charge < -0.3 is 15.1 Å². The van der Waals surface area contributed by atoms with Crippen LogP contribution in [0, 0.1) is 0 Å². The minimum atomic E-state index is -0.941. The molecule has 0 aromatic heterocycles. The first-order chi connectivity index (χ1) is 4.63. The number of hydrogen-bond acceptors (Lipinski definition) is 2. The van der Waals surface area contributed by atoms with E-state index in [1.54, 1.807) is 6.92 Å². The standard InChI is InChI=1S/C6H11NO3/c1-4-5(8)2-3-7(4)6(9)10/h4-5,8H,2-3H2,1H3,(H,9,10). The number of hydrogen-bond donors (Lipinski definition) is 2. The van der Waals surface area contributed by atoms with E-state index < -0.39 is 12.2 Å². The van der Waals surface area contributed by atoms with Gasteiger partial charge in [0.25, 0.3) is 0 Å². The molecule has 1 fully saturated rings. The van der Waals surface area contributed by atoms with E-state index in [-0.39, 0.29) is 6.04 Å². The van der Waals surface area contributed by atoms with Gasteiger partial charge in [-0.25, -0.2) is 4.79 Å². The van der Waals surface area contributed by atoms with Crippen LogP contribution < -0.4 is 0 Å². The second-order valence-electron chi connectivity index (χ2n) is 2.57. The molecule has 0 aromatic carbocycles. The second kappa shape index (κ2) is 2.46. The minimum Gasteiger partial charge on any atom is -0.465 e. The highest BCUT2D eigenvalue weighted by atomic mass is 16.4. The maximum Gasteiger partial charge on any atom is 0.407 e. The normalized spacial score (nSPS) is 32.8. The number of carboxylic acid groups (broad SMARTS) is 1. The first kappa shape index (κ1) is 7.34. The zero-order valence-corrected chi connectivity index (χ0v) is 5.82. The van der Waals surface area contributed by atoms with Crippen molar-refractivity contribution in [2.45, 2.75) is 25.5 Å². The first-order valence-corrected chi connectivity index (χ1v) is 3.30. The summed E-state index contributed by atoms with van der Waals surface area (Å²) in [6.07, 6.45) is -0.854. The third kappa shape index (κ3) is 1.07. The van der Waals surface area contributed by atoms with Crippen molar-refractivity contribution in [2.75, 3.05) is 6.54 Å². The Morgan fingerprint density at radius 3 is 2.50 bits per heavy atom. The second-order valence-corrected chi connectivity index (χ2v) is 2.57.